The molecule has 1 amide bonds. The second kappa shape index (κ2) is 7.28. The van der Waals surface area contributed by atoms with Crippen LogP contribution in [0.4, 0.5) is 5.69 Å². The molecule has 0 radical (unpaired) electrons. The third kappa shape index (κ3) is 3.35. The molecule has 1 aliphatic rings. The summed E-state index contributed by atoms with van der Waals surface area (Å²) in [7, 11) is 0. The zero-order chi connectivity index (χ0) is 16.3. The van der Waals surface area contributed by atoms with Gasteiger partial charge in [-0.15, -0.1) is 11.6 Å². The lowest BCUT2D eigenvalue weighted by Gasteiger charge is -2.32. The smallest absolute Gasteiger partial charge is 0.230 e. The summed E-state index contributed by atoms with van der Waals surface area (Å²) < 4.78 is 0. The van der Waals surface area contributed by atoms with Crippen molar-refractivity contribution in [3.8, 4) is 0 Å². The lowest BCUT2D eigenvalue weighted by molar-refractivity contribution is -0.122. The fourth-order valence-electron chi connectivity index (χ4n) is 3.07. The molecule has 1 aromatic rings. The molecule has 120 valence electrons. The third-order valence-electron chi connectivity index (χ3n) is 4.44. The van der Waals surface area contributed by atoms with Crippen molar-refractivity contribution in [2.75, 3.05) is 11.4 Å². The molecule has 1 unspecified atom stereocenters. The van der Waals surface area contributed by atoms with Crippen molar-refractivity contribution >= 4 is 29.0 Å². The molecule has 4 heteroatoms. The molecule has 0 aromatic heterocycles. The normalized spacial score (nSPS) is 15.6. The first-order chi connectivity index (χ1) is 10.5. The molecule has 1 atom stereocenters. The van der Waals surface area contributed by atoms with E-state index in [0.717, 1.165) is 43.5 Å². The van der Waals surface area contributed by atoms with Crippen LogP contribution in [-0.4, -0.2) is 23.6 Å². The zero-order valence-corrected chi connectivity index (χ0v) is 14.3. The Morgan fingerprint density at radius 2 is 1.95 bits per heavy atom. The van der Waals surface area contributed by atoms with Crippen LogP contribution in [0.2, 0.25) is 0 Å². The first kappa shape index (κ1) is 17.0. The van der Waals surface area contributed by atoms with Gasteiger partial charge in [0.1, 0.15) is 0 Å². The van der Waals surface area contributed by atoms with E-state index in [4.69, 9.17) is 11.6 Å². The number of fused-ring (bicyclic) bond motifs is 1. The number of anilines is 1. The highest BCUT2D eigenvalue weighted by atomic mass is 35.5. The minimum Gasteiger partial charge on any atom is -0.312 e. The number of nitrogens with zero attached hydrogens (tertiary/aromatic N) is 1. The van der Waals surface area contributed by atoms with Crippen LogP contribution < -0.4 is 4.90 Å². The molecule has 0 saturated carbocycles. The van der Waals surface area contributed by atoms with Gasteiger partial charge in [-0.25, -0.2) is 0 Å². The second-order valence-corrected chi connectivity index (χ2v) is 6.59. The fraction of sp³-hybridized carbons (Fsp3) is 0.556. The van der Waals surface area contributed by atoms with Gasteiger partial charge < -0.3 is 4.90 Å². The molecule has 1 aliphatic heterocycles. The number of alkyl halides is 1. The number of benzene rings is 1. The summed E-state index contributed by atoms with van der Waals surface area (Å²) in [5, 5.41) is -0.524. The Hall–Kier alpha value is -1.35. The Bertz CT molecular complexity index is 564. The van der Waals surface area contributed by atoms with Crippen molar-refractivity contribution in [1.29, 1.82) is 0 Å². The molecular weight excluding hydrogens is 298 g/mol. The average molecular weight is 322 g/mol. The number of hydrogen-bond acceptors (Lipinski definition) is 2. The molecule has 0 spiro atoms. The summed E-state index contributed by atoms with van der Waals surface area (Å²) in [5.74, 6) is 0.221. The van der Waals surface area contributed by atoms with E-state index in [1.165, 1.54) is 0 Å². The zero-order valence-electron chi connectivity index (χ0n) is 13.6. The lowest BCUT2D eigenvalue weighted by Crippen LogP contribution is -2.39. The molecule has 3 nitrogen and oxygen atoms in total. The fourth-order valence-corrected chi connectivity index (χ4v) is 3.19. The van der Waals surface area contributed by atoms with Crippen LogP contribution in [0.3, 0.4) is 0 Å². The van der Waals surface area contributed by atoms with Crippen LogP contribution in [-0.2, 0) is 11.2 Å². The van der Waals surface area contributed by atoms with E-state index in [0.29, 0.717) is 5.56 Å². The van der Waals surface area contributed by atoms with E-state index in [9.17, 15) is 9.59 Å². The number of carbonyl (C=O) groups is 2. The van der Waals surface area contributed by atoms with E-state index < -0.39 is 5.38 Å². The van der Waals surface area contributed by atoms with Gasteiger partial charge in [0.25, 0.3) is 0 Å². The van der Waals surface area contributed by atoms with Gasteiger partial charge in [0, 0.05) is 23.7 Å². The van der Waals surface area contributed by atoms with Gasteiger partial charge in [-0.05, 0) is 56.4 Å². The molecular formula is C18H24ClNO2. The van der Waals surface area contributed by atoms with Crippen molar-refractivity contribution in [2.45, 2.75) is 51.8 Å². The number of amides is 1. The predicted octanol–water partition coefficient (Wildman–Crippen LogP) is 4.21. The molecule has 2 rings (SSSR count). The van der Waals surface area contributed by atoms with Gasteiger partial charge in [0.15, 0.2) is 5.78 Å². The standard InChI is InChI=1S/C18H24ClNO2/c1-4-13(5-2)18(22)20-10-6-7-14-11-15(8-9-16(14)20)17(21)12(3)19/h8-9,11-13H,4-7,10H2,1-3H3. The van der Waals surface area contributed by atoms with Crippen LogP contribution in [0, 0.1) is 5.92 Å². The van der Waals surface area contributed by atoms with E-state index in [1.54, 1.807) is 13.0 Å². The molecule has 1 aromatic carbocycles. The SMILES string of the molecule is CCC(CC)C(=O)N1CCCc2cc(C(=O)C(C)Cl)ccc21. The van der Waals surface area contributed by atoms with Gasteiger partial charge in [0.05, 0.1) is 5.38 Å². The molecule has 1 heterocycles. The third-order valence-corrected chi connectivity index (χ3v) is 4.64. The van der Waals surface area contributed by atoms with Crippen molar-refractivity contribution in [2.24, 2.45) is 5.92 Å². The predicted molar refractivity (Wildman–Crippen MR) is 90.8 cm³/mol. The quantitative estimate of drug-likeness (QED) is 0.601. The highest BCUT2D eigenvalue weighted by molar-refractivity contribution is 6.33. The van der Waals surface area contributed by atoms with Crippen molar-refractivity contribution in [1.82, 2.24) is 0 Å². The Balaban J connectivity index is 2.32. The minimum atomic E-state index is -0.524. The summed E-state index contributed by atoms with van der Waals surface area (Å²) >= 11 is 5.89. The van der Waals surface area contributed by atoms with Crippen LogP contribution in [0.25, 0.3) is 0 Å². The number of ketones is 1. The Kier molecular flexibility index (Phi) is 5.63. The molecule has 0 N–H and O–H groups in total. The van der Waals surface area contributed by atoms with Crippen LogP contribution >= 0.6 is 11.6 Å². The molecule has 0 bridgehead atoms. The molecule has 0 saturated heterocycles. The summed E-state index contributed by atoms with van der Waals surface area (Å²) in [6.45, 7) is 6.56. The number of Topliss-reactive ketones (excluding diaryl/α,β-unsaturated/α-hetero) is 1. The van der Waals surface area contributed by atoms with Crippen LogP contribution in [0.5, 0.6) is 0 Å². The van der Waals surface area contributed by atoms with Crippen molar-refractivity contribution < 1.29 is 9.59 Å². The van der Waals surface area contributed by atoms with E-state index >= 15 is 0 Å². The van der Waals surface area contributed by atoms with Gasteiger partial charge in [-0.1, -0.05) is 13.8 Å². The summed E-state index contributed by atoms with van der Waals surface area (Å²) in [4.78, 5) is 26.6. The molecule has 22 heavy (non-hydrogen) atoms. The first-order valence-electron chi connectivity index (χ1n) is 8.12. The second-order valence-electron chi connectivity index (χ2n) is 5.93. The van der Waals surface area contributed by atoms with E-state index in [-0.39, 0.29) is 17.6 Å². The van der Waals surface area contributed by atoms with Crippen molar-refractivity contribution in [3.05, 3.63) is 29.3 Å². The number of aryl methyl sites for hydroxylation is 1. The average Bonchev–Trinajstić information content (AvgIpc) is 2.53. The number of rotatable bonds is 5. The Morgan fingerprint density at radius 3 is 2.55 bits per heavy atom. The Labute approximate surface area is 137 Å². The highest BCUT2D eigenvalue weighted by Gasteiger charge is 2.27. The first-order valence-corrected chi connectivity index (χ1v) is 8.55. The number of carbonyl (C=O) groups excluding carboxylic acids is 2. The maximum absolute atomic E-state index is 12.7. The highest BCUT2D eigenvalue weighted by Crippen LogP contribution is 2.30. The lowest BCUT2D eigenvalue weighted by atomic mass is 9.94. The van der Waals surface area contributed by atoms with Gasteiger partial charge >= 0.3 is 0 Å². The number of halogens is 1. The summed E-state index contributed by atoms with van der Waals surface area (Å²) in [6, 6.07) is 5.60. The largest absolute Gasteiger partial charge is 0.312 e. The van der Waals surface area contributed by atoms with Gasteiger partial charge in [-0.2, -0.15) is 0 Å². The van der Waals surface area contributed by atoms with E-state index in [2.05, 4.69) is 13.8 Å². The molecule has 0 fully saturated rings. The monoisotopic (exact) mass is 321 g/mol. The summed E-state index contributed by atoms with van der Waals surface area (Å²) in [6.07, 6.45) is 3.57. The van der Waals surface area contributed by atoms with Crippen molar-refractivity contribution in [3.63, 3.8) is 0 Å². The van der Waals surface area contributed by atoms with E-state index in [1.807, 2.05) is 17.0 Å². The Morgan fingerprint density at radius 1 is 1.27 bits per heavy atom. The number of hydrogen-bond donors (Lipinski definition) is 0. The van der Waals surface area contributed by atoms with Gasteiger partial charge in [-0.3, -0.25) is 9.59 Å². The topological polar surface area (TPSA) is 37.4 Å². The maximum Gasteiger partial charge on any atom is 0.230 e. The molecule has 0 aliphatic carbocycles. The minimum absolute atomic E-state index is 0.0621. The maximum atomic E-state index is 12.7. The van der Waals surface area contributed by atoms with Gasteiger partial charge in [0.2, 0.25) is 5.91 Å². The van der Waals surface area contributed by atoms with Crippen LogP contribution in [0.15, 0.2) is 18.2 Å². The van der Waals surface area contributed by atoms with Crippen LogP contribution in [0.1, 0.15) is 56.0 Å². The summed E-state index contributed by atoms with van der Waals surface area (Å²) in [5.41, 5.74) is 2.67.